The number of carbonyl (C=O) groups is 1. The molecule has 0 aliphatic rings. The summed E-state index contributed by atoms with van der Waals surface area (Å²) < 4.78 is 5.84. The van der Waals surface area contributed by atoms with E-state index in [0.29, 0.717) is 18.3 Å². The molecule has 2 aromatic rings. The van der Waals surface area contributed by atoms with Gasteiger partial charge in [-0.2, -0.15) is 0 Å². The maximum absolute atomic E-state index is 10.8. The van der Waals surface area contributed by atoms with Crippen molar-refractivity contribution >= 4 is 17.5 Å². The van der Waals surface area contributed by atoms with Gasteiger partial charge in [0.25, 0.3) is 0 Å². The summed E-state index contributed by atoms with van der Waals surface area (Å²) in [6, 6.07) is 9.14. The number of benzene rings is 1. The number of anilines is 2. The van der Waals surface area contributed by atoms with Crippen LogP contribution in [0.4, 0.5) is 11.5 Å². The highest BCUT2D eigenvalue weighted by molar-refractivity contribution is 5.87. The predicted octanol–water partition coefficient (Wildman–Crippen LogP) is 4.44. The Balaban J connectivity index is 2.20. The number of hydrogen-bond acceptors (Lipinski definition) is 4. The molecule has 0 bridgehead atoms. The Morgan fingerprint density at radius 2 is 2.09 bits per heavy atom. The van der Waals surface area contributed by atoms with Crippen LogP contribution in [0.2, 0.25) is 0 Å². The van der Waals surface area contributed by atoms with Gasteiger partial charge < -0.3 is 15.2 Å². The first kappa shape index (κ1) is 16.8. The second-order valence-electron chi connectivity index (χ2n) is 5.62. The van der Waals surface area contributed by atoms with E-state index < -0.39 is 5.97 Å². The highest BCUT2D eigenvalue weighted by Gasteiger charge is 2.10. The smallest absolute Gasteiger partial charge is 0.337 e. The lowest BCUT2D eigenvalue weighted by atomic mass is 10.0. The summed E-state index contributed by atoms with van der Waals surface area (Å²) in [5, 5.41) is 12.1. The molecule has 0 radical (unpaired) electrons. The van der Waals surface area contributed by atoms with Crippen LogP contribution in [0.15, 0.2) is 36.5 Å². The lowest BCUT2D eigenvalue weighted by Crippen LogP contribution is -2.02. The zero-order valence-electron chi connectivity index (χ0n) is 13.7. The van der Waals surface area contributed by atoms with Crippen LogP contribution in [0.5, 0.6) is 5.75 Å². The van der Waals surface area contributed by atoms with Crippen molar-refractivity contribution in [2.45, 2.75) is 33.1 Å². The van der Waals surface area contributed by atoms with Crippen molar-refractivity contribution in [3.63, 3.8) is 0 Å². The second-order valence-corrected chi connectivity index (χ2v) is 5.62. The summed E-state index contributed by atoms with van der Waals surface area (Å²) >= 11 is 0. The summed E-state index contributed by atoms with van der Waals surface area (Å²) in [6.07, 6.45) is 2.29. The standard InChI is InChI=1S/C18H22N2O3/c1-4-9-23-16-10-14(6-7-15(16)12(2)3)20-17-8-5-13(11-19-17)18(21)22/h5-8,10-12H,4,9H2,1-3H3,(H,19,20)(H,21,22). The third-order valence-corrected chi connectivity index (χ3v) is 3.38. The van der Waals surface area contributed by atoms with Crippen LogP contribution in [-0.4, -0.2) is 22.7 Å². The molecule has 0 fully saturated rings. The van der Waals surface area contributed by atoms with E-state index in [4.69, 9.17) is 9.84 Å². The van der Waals surface area contributed by atoms with Crippen molar-refractivity contribution in [2.24, 2.45) is 0 Å². The number of aromatic carboxylic acids is 1. The molecule has 1 heterocycles. The molecule has 0 saturated heterocycles. The Hall–Kier alpha value is -2.56. The van der Waals surface area contributed by atoms with E-state index in [9.17, 15) is 4.79 Å². The highest BCUT2D eigenvalue weighted by Crippen LogP contribution is 2.30. The van der Waals surface area contributed by atoms with Gasteiger partial charge in [0.1, 0.15) is 11.6 Å². The van der Waals surface area contributed by atoms with Crippen molar-refractivity contribution in [3.05, 3.63) is 47.7 Å². The average molecular weight is 314 g/mol. The van der Waals surface area contributed by atoms with Crippen LogP contribution in [0.25, 0.3) is 0 Å². The number of nitrogens with one attached hydrogen (secondary N) is 1. The molecular formula is C18H22N2O3. The van der Waals surface area contributed by atoms with Gasteiger partial charge in [0.15, 0.2) is 0 Å². The van der Waals surface area contributed by atoms with E-state index in [0.717, 1.165) is 23.4 Å². The largest absolute Gasteiger partial charge is 0.493 e. The number of carboxylic acid groups (broad SMARTS) is 1. The highest BCUT2D eigenvalue weighted by atomic mass is 16.5. The molecule has 0 amide bonds. The molecule has 122 valence electrons. The lowest BCUT2D eigenvalue weighted by Gasteiger charge is -2.16. The first-order chi connectivity index (χ1) is 11.0. The summed E-state index contributed by atoms with van der Waals surface area (Å²) in [7, 11) is 0. The third kappa shape index (κ3) is 4.45. The van der Waals surface area contributed by atoms with Gasteiger partial charge in [-0.3, -0.25) is 0 Å². The monoisotopic (exact) mass is 314 g/mol. The quantitative estimate of drug-likeness (QED) is 0.790. The van der Waals surface area contributed by atoms with E-state index in [1.54, 1.807) is 6.07 Å². The van der Waals surface area contributed by atoms with E-state index >= 15 is 0 Å². The zero-order valence-corrected chi connectivity index (χ0v) is 13.7. The SMILES string of the molecule is CCCOc1cc(Nc2ccc(C(=O)O)cn2)ccc1C(C)C. The number of carboxylic acids is 1. The van der Waals surface area contributed by atoms with Crippen molar-refractivity contribution in [1.82, 2.24) is 4.98 Å². The molecular weight excluding hydrogens is 292 g/mol. The molecule has 5 heteroatoms. The molecule has 0 atom stereocenters. The average Bonchev–Trinajstić information content (AvgIpc) is 2.53. The van der Waals surface area contributed by atoms with E-state index in [1.165, 1.54) is 12.3 Å². The molecule has 1 aromatic carbocycles. The first-order valence-corrected chi connectivity index (χ1v) is 7.74. The fourth-order valence-electron chi connectivity index (χ4n) is 2.17. The van der Waals surface area contributed by atoms with Crippen LogP contribution in [0.3, 0.4) is 0 Å². The number of rotatable bonds is 7. The molecule has 0 spiro atoms. The third-order valence-electron chi connectivity index (χ3n) is 3.38. The molecule has 0 unspecified atom stereocenters. The van der Waals surface area contributed by atoms with Gasteiger partial charge in [0.05, 0.1) is 12.2 Å². The fourth-order valence-corrected chi connectivity index (χ4v) is 2.17. The molecule has 0 aliphatic heterocycles. The maximum atomic E-state index is 10.8. The Morgan fingerprint density at radius 1 is 1.30 bits per heavy atom. The number of ether oxygens (including phenoxy) is 1. The molecule has 2 rings (SSSR count). The first-order valence-electron chi connectivity index (χ1n) is 7.74. The zero-order chi connectivity index (χ0) is 16.8. The molecule has 1 aromatic heterocycles. The number of pyridine rings is 1. The Labute approximate surface area is 136 Å². The topological polar surface area (TPSA) is 71.5 Å². The fraction of sp³-hybridized carbons (Fsp3) is 0.333. The number of nitrogens with zero attached hydrogens (tertiary/aromatic N) is 1. The van der Waals surface area contributed by atoms with Gasteiger partial charge in [0, 0.05) is 18.0 Å². The van der Waals surface area contributed by atoms with Crippen molar-refractivity contribution < 1.29 is 14.6 Å². The second kappa shape index (κ2) is 7.63. The summed E-state index contributed by atoms with van der Waals surface area (Å²) in [5.74, 6) is 0.854. The van der Waals surface area contributed by atoms with E-state index in [-0.39, 0.29) is 5.56 Å². The van der Waals surface area contributed by atoms with E-state index in [2.05, 4.69) is 31.1 Å². The molecule has 5 nitrogen and oxygen atoms in total. The van der Waals surface area contributed by atoms with Crippen LogP contribution in [0, 0.1) is 0 Å². The van der Waals surface area contributed by atoms with Crippen molar-refractivity contribution in [2.75, 3.05) is 11.9 Å². The lowest BCUT2D eigenvalue weighted by molar-refractivity contribution is 0.0696. The van der Waals surface area contributed by atoms with Crippen molar-refractivity contribution in [3.8, 4) is 5.75 Å². The van der Waals surface area contributed by atoms with Gasteiger partial charge in [-0.15, -0.1) is 0 Å². The molecule has 0 saturated carbocycles. The normalized spacial score (nSPS) is 10.6. The minimum absolute atomic E-state index is 0.165. The van der Waals surface area contributed by atoms with Crippen LogP contribution < -0.4 is 10.1 Å². The van der Waals surface area contributed by atoms with Gasteiger partial charge in [-0.25, -0.2) is 9.78 Å². The molecule has 0 aliphatic carbocycles. The summed E-state index contributed by atoms with van der Waals surface area (Å²) in [5.41, 5.74) is 2.19. The summed E-state index contributed by atoms with van der Waals surface area (Å²) in [6.45, 7) is 7.01. The number of aromatic nitrogens is 1. The number of hydrogen-bond donors (Lipinski definition) is 2. The van der Waals surface area contributed by atoms with Gasteiger partial charge >= 0.3 is 5.97 Å². The van der Waals surface area contributed by atoms with Crippen LogP contribution in [0.1, 0.15) is 49.0 Å². The van der Waals surface area contributed by atoms with Crippen molar-refractivity contribution in [1.29, 1.82) is 0 Å². The van der Waals surface area contributed by atoms with Crippen LogP contribution >= 0.6 is 0 Å². The Bertz CT molecular complexity index is 666. The van der Waals surface area contributed by atoms with E-state index in [1.807, 2.05) is 18.2 Å². The Kier molecular flexibility index (Phi) is 5.57. The van der Waals surface area contributed by atoms with Gasteiger partial charge in [-0.05, 0) is 36.1 Å². The van der Waals surface area contributed by atoms with Gasteiger partial charge in [-0.1, -0.05) is 26.8 Å². The van der Waals surface area contributed by atoms with Gasteiger partial charge in [0.2, 0.25) is 0 Å². The maximum Gasteiger partial charge on any atom is 0.337 e. The molecule has 2 N–H and O–H groups in total. The Morgan fingerprint density at radius 3 is 2.65 bits per heavy atom. The molecule has 23 heavy (non-hydrogen) atoms. The van der Waals surface area contributed by atoms with Crippen LogP contribution in [-0.2, 0) is 0 Å². The summed E-state index contributed by atoms with van der Waals surface area (Å²) in [4.78, 5) is 15.0. The minimum atomic E-state index is -0.986. The minimum Gasteiger partial charge on any atom is -0.493 e. The predicted molar refractivity (Wildman–Crippen MR) is 90.8 cm³/mol.